The van der Waals surface area contributed by atoms with Crippen LogP contribution in [0.25, 0.3) is 9.78 Å². The first kappa shape index (κ1) is 6.63. The molecular weight excluding hydrogens is 256 g/mol. The Labute approximate surface area is 73.0 Å². The molecule has 0 N–H and O–H groups in total. The molecule has 0 bridgehead atoms. The van der Waals surface area contributed by atoms with Crippen LogP contribution in [-0.4, -0.2) is 35.5 Å². The number of rotatable bonds is 0. The Hall–Kier alpha value is -0.0710. The molecule has 2 aromatic rings. The zero-order valence-corrected chi connectivity index (χ0v) is 8.50. The van der Waals surface area contributed by atoms with Gasteiger partial charge in [0, 0.05) is 0 Å². The van der Waals surface area contributed by atoms with Crippen molar-refractivity contribution in [2.45, 2.75) is 0 Å². The van der Waals surface area contributed by atoms with Crippen molar-refractivity contribution in [3.8, 4) is 0 Å². The van der Waals surface area contributed by atoms with Crippen LogP contribution in [0.4, 0.5) is 0 Å². The Bertz CT molecular complexity index is 320. The molecule has 0 aliphatic heterocycles. The van der Waals surface area contributed by atoms with Crippen LogP contribution >= 0.6 is 0 Å². The van der Waals surface area contributed by atoms with E-state index < -0.39 is 0 Å². The van der Waals surface area contributed by atoms with Gasteiger partial charge in [0.05, 0.1) is 0 Å². The third-order valence-corrected chi connectivity index (χ3v) is 4.12. The molecule has 1 radical (unpaired) electrons. The van der Waals surface area contributed by atoms with Gasteiger partial charge in [0.15, 0.2) is 0 Å². The summed E-state index contributed by atoms with van der Waals surface area (Å²) in [5, 5.41) is 0. The van der Waals surface area contributed by atoms with Crippen LogP contribution in [0.1, 0.15) is 0 Å². The third-order valence-electron chi connectivity index (χ3n) is 1.27. The first-order chi connectivity index (χ1) is 4.86. The van der Waals surface area contributed by atoms with Gasteiger partial charge >= 0.3 is 73.0 Å². The maximum atomic E-state index is 4.34. The second-order valence-electron chi connectivity index (χ2n) is 1.95. The Balaban J connectivity index is 2.88. The number of fused-ring (bicyclic) bond motifs is 1. The van der Waals surface area contributed by atoms with Crippen molar-refractivity contribution in [2.75, 3.05) is 0 Å². The Morgan fingerprint density at radius 1 is 1.30 bits per heavy atom. The van der Waals surface area contributed by atoms with Crippen LogP contribution in [-0.2, 0) is 0 Å². The number of aromatic nitrogens is 1. The zero-order chi connectivity index (χ0) is 6.97. The molecule has 0 unspecified atom stereocenters. The number of benzene rings is 1. The monoisotopic (exact) mass is 262 g/mol. The van der Waals surface area contributed by atoms with Crippen molar-refractivity contribution in [3.05, 3.63) is 24.3 Å². The number of hydrogen-bond acceptors (Lipinski definition) is 1. The van der Waals surface area contributed by atoms with Gasteiger partial charge in [-0.2, -0.15) is 0 Å². The molecule has 1 aromatic carbocycles. The number of para-hydroxylation sites is 1. The molecule has 0 aliphatic carbocycles. The normalized spacial score (nSPS) is 10.4. The summed E-state index contributed by atoms with van der Waals surface area (Å²) in [6, 6.07) is 8.29. The second-order valence-corrected chi connectivity index (χ2v) is 6.23. The summed E-state index contributed by atoms with van der Waals surface area (Å²) in [5.41, 5.74) is 1.15. The van der Waals surface area contributed by atoms with E-state index in [4.69, 9.17) is 0 Å². The van der Waals surface area contributed by atoms with E-state index >= 15 is 0 Å². The molecule has 0 saturated carbocycles. The van der Waals surface area contributed by atoms with Crippen LogP contribution in [0.2, 0.25) is 0 Å². The van der Waals surface area contributed by atoms with Crippen molar-refractivity contribution in [2.24, 2.45) is 0 Å². The van der Waals surface area contributed by atoms with E-state index in [0.717, 1.165) is 8.98 Å². The molecule has 0 amide bonds. The molecule has 10 heavy (non-hydrogen) atoms. The van der Waals surface area contributed by atoms with E-state index in [9.17, 15) is 0 Å². The Kier molecular flexibility index (Phi) is 1.67. The van der Waals surface area contributed by atoms with Gasteiger partial charge in [-0.15, -0.1) is 0 Å². The van der Waals surface area contributed by atoms with Crippen LogP contribution < -0.4 is 3.47 Å². The molecule has 0 spiro atoms. The fourth-order valence-corrected chi connectivity index (χ4v) is 3.50. The molecule has 0 fully saturated rings. The van der Waals surface area contributed by atoms with E-state index in [1.807, 2.05) is 6.07 Å². The quantitative estimate of drug-likeness (QED) is 0.611. The van der Waals surface area contributed by atoms with E-state index in [-0.39, 0.29) is 0 Å². The summed E-state index contributed by atoms with van der Waals surface area (Å²) in [6.07, 6.45) is 0. The molecule has 0 aliphatic rings. The molecule has 1 heterocycles. The van der Waals surface area contributed by atoms with Gasteiger partial charge < -0.3 is 0 Å². The topological polar surface area (TPSA) is 12.9 Å². The second kappa shape index (κ2) is 2.52. The van der Waals surface area contributed by atoms with Crippen LogP contribution in [0, 0.1) is 0 Å². The van der Waals surface area contributed by atoms with E-state index in [1.165, 1.54) is 4.26 Å². The van der Waals surface area contributed by atoms with E-state index in [2.05, 4.69) is 39.2 Å². The number of nitrogens with zero attached hydrogens (tertiary/aromatic N) is 1. The van der Waals surface area contributed by atoms with Crippen molar-refractivity contribution in [3.63, 3.8) is 0 Å². The summed E-state index contributed by atoms with van der Waals surface area (Å²) in [7, 11) is 0. The summed E-state index contributed by atoms with van der Waals surface area (Å²) in [4.78, 5) is 4.34. The fraction of sp³-hybridized carbons (Fsp3) is 0. The van der Waals surface area contributed by atoms with Gasteiger partial charge in [-0.25, -0.2) is 0 Å². The van der Waals surface area contributed by atoms with Crippen molar-refractivity contribution in [1.29, 1.82) is 0 Å². The average Bonchev–Trinajstić information content (AvgIpc) is 2.27. The molecule has 0 saturated heterocycles. The van der Waals surface area contributed by atoms with Crippen molar-refractivity contribution in [1.82, 2.24) is 4.98 Å². The maximum absolute atomic E-state index is 4.34. The first-order valence-corrected chi connectivity index (χ1v) is 5.46. The predicted octanol–water partition coefficient (Wildman–Crippen LogP) is 0.0856. The zero-order valence-electron chi connectivity index (χ0n) is 5.07. The van der Waals surface area contributed by atoms with Gasteiger partial charge in [-0.05, 0) is 0 Å². The summed E-state index contributed by atoms with van der Waals surface area (Å²) >= 11 is 3.42. The summed E-state index contributed by atoms with van der Waals surface area (Å²) < 4.78 is 2.55. The fourth-order valence-electron chi connectivity index (χ4n) is 0.851. The van der Waals surface area contributed by atoms with E-state index in [1.54, 1.807) is 0 Å². The minimum absolute atomic E-state index is 0.455. The first-order valence-electron chi connectivity index (χ1n) is 2.89. The standard InChI is InChI=1S/C7H4NSe2/c9-7-8-5-3-1-2-4-6(5)10-7/h1-4H. The Morgan fingerprint density at radius 2 is 2.10 bits per heavy atom. The van der Waals surface area contributed by atoms with Crippen molar-refractivity contribution < 1.29 is 0 Å². The predicted molar refractivity (Wildman–Crippen MR) is 44.1 cm³/mol. The Morgan fingerprint density at radius 3 is 2.90 bits per heavy atom. The average molecular weight is 260 g/mol. The van der Waals surface area contributed by atoms with Crippen LogP contribution in [0.15, 0.2) is 24.3 Å². The molecule has 3 heteroatoms. The summed E-state index contributed by atoms with van der Waals surface area (Å²) in [5.74, 6) is 0. The third kappa shape index (κ3) is 1.06. The van der Waals surface area contributed by atoms with Gasteiger partial charge in [-0.3, -0.25) is 0 Å². The van der Waals surface area contributed by atoms with Crippen LogP contribution in [0.5, 0.6) is 0 Å². The molecule has 1 nitrogen and oxygen atoms in total. The molecular formula is C7H4NSe2. The van der Waals surface area contributed by atoms with Crippen molar-refractivity contribution >= 4 is 43.8 Å². The van der Waals surface area contributed by atoms with E-state index in [0.29, 0.717) is 14.5 Å². The summed E-state index contributed by atoms with van der Waals surface area (Å²) in [6.45, 7) is 0. The molecule has 49 valence electrons. The van der Waals surface area contributed by atoms with Crippen LogP contribution in [0.3, 0.4) is 0 Å². The molecule has 1 aromatic heterocycles. The SMILES string of the molecule is [Se]c1nc2ccccc2[se]1. The van der Waals surface area contributed by atoms with Gasteiger partial charge in [0.25, 0.3) is 0 Å². The molecule has 2 rings (SSSR count). The number of hydrogen-bond donors (Lipinski definition) is 0. The van der Waals surface area contributed by atoms with Gasteiger partial charge in [0.2, 0.25) is 0 Å². The molecule has 0 atom stereocenters. The van der Waals surface area contributed by atoms with Gasteiger partial charge in [0.1, 0.15) is 0 Å². The minimum atomic E-state index is 0.455. The van der Waals surface area contributed by atoms with Gasteiger partial charge in [-0.1, -0.05) is 0 Å².